The van der Waals surface area contributed by atoms with Crippen LogP contribution < -0.4 is 5.73 Å². The first-order valence-electron chi connectivity index (χ1n) is 6.25. The Hall–Kier alpha value is -1.16. The van der Waals surface area contributed by atoms with Crippen molar-refractivity contribution < 1.29 is 4.74 Å². The van der Waals surface area contributed by atoms with Gasteiger partial charge in [-0.1, -0.05) is 13.8 Å². The summed E-state index contributed by atoms with van der Waals surface area (Å²) in [5.74, 6) is 1.27. The van der Waals surface area contributed by atoms with E-state index in [0.717, 1.165) is 24.1 Å². The number of rotatable bonds is 5. The molecule has 1 heterocycles. The van der Waals surface area contributed by atoms with Gasteiger partial charge in [-0.3, -0.25) is 0 Å². The fourth-order valence-electron chi connectivity index (χ4n) is 1.97. The Morgan fingerprint density at radius 1 is 1.12 bits per heavy atom. The number of aryl methyl sites for hydroxylation is 1. The summed E-state index contributed by atoms with van der Waals surface area (Å²) >= 11 is 0. The normalized spacial score (nSPS) is 11.8. The van der Waals surface area contributed by atoms with Gasteiger partial charge in [0.2, 0.25) is 0 Å². The highest BCUT2D eigenvalue weighted by Gasteiger charge is 2.32. The maximum atomic E-state index is 5.92. The zero-order chi connectivity index (χ0) is 13.1. The molecule has 0 radical (unpaired) electrons. The summed E-state index contributed by atoms with van der Waals surface area (Å²) in [5.41, 5.74) is 7.40. The van der Waals surface area contributed by atoms with Crippen LogP contribution in [0.25, 0.3) is 0 Å². The molecule has 4 heteroatoms. The predicted molar refractivity (Wildman–Crippen MR) is 69.8 cm³/mol. The zero-order valence-electron chi connectivity index (χ0n) is 11.5. The first kappa shape index (κ1) is 13.9. The van der Waals surface area contributed by atoms with Crippen LogP contribution in [0.1, 0.15) is 50.7 Å². The van der Waals surface area contributed by atoms with Gasteiger partial charge in [-0.2, -0.15) is 0 Å². The molecule has 0 saturated heterocycles. The molecule has 1 aromatic rings. The molecule has 0 unspecified atom stereocenters. The molecule has 0 amide bonds. The second kappa shape index (κ2) is 5.45. The van der Waals surface area contributed by atoms with Crippen LogP contribution >= 0.6 is 0 Å². The Morgan fingerprint density at radius 2 is 1.71 bits per heavy atom. The molecule has 1 aromatic heterocycles. The number of nitrogen functional groups attached to an aromatic ring is 1. The summed E-state index contributed by atoms with van der Waals surface area (Å²) < 4.78 is 5.88. The van der Waals surface area contributed by atoms with Crippen molar-refractivity contribution in [3.63, 3.8) is 0 Å². The Bertz CT molecular complexity index is 363. The highest BCUT2D eigenvalue weighted by Crippen LogP contribution is 2.31. The van der Waals surface area contributed by atoms with Crippen molar-refractivity contribution in [3.8, 4) is 0 Å². The zero-order valence-corrected chi connectivity index (χ0v) is 11.5. The molecule has 0 aliphatic rings. The average Bonchev–Trinajstić information content (AvgIpc) is 2.32. The molecule has 1 rings (SSSR count). The number of nitrogens with two attached hydrogens (primary N) is 1. The molecule has 0 aromatic carbocycles. The van der Waals surface area contributed by atoms with Gasteiger partial charge in [0.05, 0.1) is 0 Å². The Labute approximate surface area is 104 Å². The molecule has 96 valence electrons. The third-order valence-corrected chi connectivity index (χ3v) is 3.40. The van der Waals surface area contributed by atoms with Gasteiger partial charge in [-0.25, -0.2) is 9.97 Å². The molecular weight excluding hydrogens is 214 g/mol. The lowest BCUT2D eigenvalue weighted by Gasteiger charge is -2.30. The summed E-state index contributed by atoms with van der Waals surface area (Å²) in [5, 5.41) is 0. The standard InChI is InChI=1S/C13H23N3O/c1-6-13(7-2,17-8-3)12-15-10(5)9(4)11(14)16-12/h6-8H2,1-5H3,(H2,14,15,16). The Kier molecular flexibility index (Phi) is 4.46. The number of hydrogen-bond donors (Lipinski definition) is 1. The van der Waals surface area contributed by atoms with Crippen molar-refractivity contribution in [1.82, 2.24) is 9.97 Å². The summed E-state index contributed by atoms with van der Waals surface area (Å²) in [6.07, 6.45) is 1.69. The maximum Gasteiger partial charge on any atom is 0.162 e. The van der Waals surface area contributed by atoms with Crippen molar-refractivity contribution in [2.75, 3.05) is 12.3 Å². The number of hydrogen-bond acceptors (Lipinski definition) is 4. The summed E-state index contributed by atoms with van der Waals surface area (Å²) in [6.45, 7) is 10.7. The number of nitrogens with zero attached hydrogens (tertiary/aromatic N) is 2. The molecule has 17 heavy (non-hydrogen) atoms. The topological polar surface area (TPSA) is 61.0 Å². The van der Waals surface area contributed by atoms with Crippen molar-refractivity contribution in [3.05, 3.63) is 17.1 Å². The van der Waals surface area contributed by atoms with Crippen molar-refractivity contribution >= 4 is 5.82 Å². The monoisotopic (exact) mass is 237 g/mol. The number of aromatic nitrogens is 2. The highest BCUT2D eigenvalue weighted by atomic mass is 16.5. The third-order valence-electron chi connectivity index (χ3n) is 3.40. The third kappa shape index (κ3) is 2.57. The molecule has 0 aliphatic carbocycles. The fraction of sp³-hybridized carbons (Fsp3) is 0.692. The van der Waals surface area contributed by atoms with Gasteiger partial charge < -0.3 is 10.5 Å². The van der Waals surface area contributed by atoms with E-state index >= 15 is 0 Å². The minimum absolute atomic E-state index is 0.401. The van der Waals surface area contributed by atoms with Crippen LogP contribution in [0.4, 0.5) is 5.82 Å². The van der Waals surface area contributed by atoms with E-state index in [4.69, 9.17) is 10.5 Å². The van der Waals surface area contributed by atoms with Crippen LogP contribution in [0.15, 0.2) is 0 Å². The van der Waals surface area contributed by atoms with Gasteiger partial charge in [0, 0.05) is 17.9 Å². The van der Waals surface area contributed by atoms with E-state index in [1.165, 1.54) is 0 Å². The SMILES string of the molecule is CCOC(CC)(CC)c1nc(C)c(C)c(N)n1. The van der Waals surface area contributed by atoms with Crippen LogP contribution in [0.3, 0.4) is 0 Å². The van der Waals surface area contributed by atoms with Crippen molar-refractivity contribution in [2.45, 2.75) is 53.1 Å². The fourth-order valence-corrected chi connectivity index (χ4v) is 1.97. The van der Waals surface area contributed by atoms with Crippen LogP contribution in [-0.2, 0) is 10.3 Å². The molecule has 0 aliphatic heterocycles. The van der Waals surface area contributed by atoms with Crippen molar-refractivity contribution in [1.29, 1.82) is 0 Å². The van der Waals surface area contributed by atoms with E-state index in [9.17, 15) is 0 Å². The van der Waals surface area contributed by atoms with E-state index in [1.807, 2.05) is 20.8 Å². The first-order chi connectivity index (χ1) is 8.00. The van der Waals surface area contributed by atoms with Crippen LogP contribution in [0, 0.1) is 13.8 Å². The summed E-state index contributed by atoms with van der Waals surface area (Å²) in [7, 11) is 0. The second-order valence-corrected chi connectivity index (χ2v) is 4.28. The van der Waals surface area contributed by atoms with Crippen molar-refractivity contribution in [2.24, 2.45) is 0 Å². The molecule has 0 atom stereocenters. The minimum atomic E-state index is -0.401. The van der Waals surface area contributed by atoms with Gasteiger partial charge in [0.25, 0.3) is 0 Å². The highest BCUT2D eigenvalue weighted by molar-refractivity contribution is 5.41. The Morgan fingerprint density at radius 3 is 2.12 bits per heavy atom. The molecular formula is C13H23N3O. The Balaban J connectivity index is 3.28. The van der Waals surface area contributed by atoms with E-state index in [-0.39, 0.29) is 0 Å². The molecule has 0 bridgehead atoms. The first-order valence-corrected chi connectivity index (χ1v) is 6.25. The lowest BCUT2D eigenvalue weighted by molar-refractivity contribution is -0.0571. The van der Waals surface area contributed by atoms with E-state index in [0.29, 0.717) is 18.2 Å². The lowest BCUT2D eigenvalue weighted by Crippen LogP contribution is -2.31. The molecule has 4 nitrogen and oxygen atoms in total. The number of ether oxygens (including phenoxy) is 1. The van der Waals surface area contributed by atoms with Crippen LogP contribution in [0.5, 0.6) is 0 Å². The quantitative estimate of drug-likeness (QED) is 0.855. The second-order valence-electron chi connectivity index (χ2n) is 4.28. The van der Waals surface area contributed by atoms with Gasteiger partial charge in [0.15, 0.2) is 5.82 Å². The maximum absolute atomic E-state index is 5.92. The van der Waals surface area contributed by atoms with Crippen LogP contribution in [0.2, 0.25) is 0 Å². The molecule has 2 N–H and O–H groups in total. The summed E-state index contributed by atoms with van der Waals surface area (Å²) in [4.78, 5) is 8.96. The lowest BCUT2D eigenvalue weighted by atomic mass is 9.95. The number of anilines is 1. The minimum Gasteiger partial charge on any atom is -0.383 e. The molecule has 0 saturated carbocycles. The van der Waals surface area contributed by atoms with Gasteiger partial charge in [0.1, 0.15) is 11.4 Å². The van der Waals surface area contributed by atoms with Gasteiger partial charge >= 0.3 is 0 Å². The molecule has 0 spiro atoms. The van der Waals surface area contributed by atoms with E-state index < -0.39 is 5.60 Å². The smallest absolute Gasteiger partial charge is 0.162 e. The summed E-state index contributed by atoms with van der Waals surface area (Å²) in [6, 6.07) is 0. The van der Waals surface area contributed by atoms with Crippen LogP contribution in [-0.4, -0.2) is 16.6 Å². The predicted octanol–water partition coefficient (Wildman–Crippen LogP) is 2.73. The largest absolute Gasteiger partial charge is 0.383 e. The average molecular weight is 237 g/mol. The van der Waals surface area contributed by atoms with Gasteiger partial charge in [-0.15, -0.1) is 0 Å². The molecule has 0 fully saturated rings. The van der Waals surface area contributed by atoms with E-state index in [2.05, 4.69) is 23.8 Å². The van der Waals surface area contributed by atoms with Gasteiger partial charge in [-0.05, 0) is 33.6 Å². The van der Waals surface area contributed by atoms with E-state index in [1.54, 1.807) is 0 Å².